The van der Waals surface area contributed by atoms with Crippen LogP contribution in [-0.4, -0.2) is 34.4 Å². The van der Waals surface area contributed by atoms with E-state index in [0.717, 1.165) is 0 Å². The van der Waals surface area contributed by atoms with Gasteiger partial charge in [-0.15, -0.1) is 0 Å². The average molecular weight is 277 g/mol. The first-order valence-electron chi connectivity index (χ1n) is 5.19. The highest BCUT2D eigenvalue weighted by Gasteiger charge is 2.19. The Morgan fingerprint density at radius 3 is 2.89 bits per heavy atom. The summed E-state index contributed by atoms with van der Waals surface area (Å²) in [5.74, 6) is 0.593. The SMILES string of the molecule is Cn1c(-c2ncc[nH]2)nc2nc([N+](=O)[O-])[nH]c2c1=S. The van der Waals surface area contributed by atoms with E-state index in [1.165, 1.54) is 0 Å². The Morgan fingerprint density at radius 1 is 1.47 bits per heavy atom. The first-order valence-corrected chi connectivity index (χ1v) is 5.59. The molecule has 0 aliphatic rings. The van der Waals surface area contributed by atoms with Crippen LogP contribution in [0.25, 0.3) is 22.8 Å². The number of imidazole rings is 2. The molecule has 0 amide bonds. The quantitative estimate of drug-likeness (QED) is 0.414. The minimum absolute atomic E-state index is 0.196. The maximum absolute atomic E-state index is 10.7. The van der Waals surface area contributed by atoms with Gasteiger partial charge in [0.1, 0.15) is 0 Å². The van der Waals surface area contributed by atoms with Gasteiger partial charge in [-0.05, 0) is 9.91 Å². The summed E-state index contributed by atoms with van der Waals surface area (Å²) in [6.07, 6.45) is 3.23. The zero-order valence-electron chi connectivity index (χ0n) is 9.62. The summed E-state index contributed by atoms with van der Waals surface area (Å²) in [4.78, 5) is 27.6. The molecule has 19 heavy (non-hydrogen) atoms. The lowest BCUT2D eigenvalue weighted by molar-refractivity contribution is -0.393. The van der Waals surface area contributed by atoms with Gasteiger partial charge in [0.05, 0.1) is 0 Å². The fraction of sp³-hybridized carbons (Fsp3) is 0.111. The minimum atomic E-state index is -0.622. The van der Waals surface area contributed by atoms with Gasteiger partial charge in [0.25, 0.3) is 5.65 Å². The molecule has 0 bridgehead atoms. The fourth-order valence-electron chi connectivity index (χ4n) is 1.71. The number of aromatic amines is 2. The third kappa shape index (κ3) is 1.69. The van der Waals surface area contributed by atoms with Gasteiger partial charge in [-0.2, -0.15) is 4.98 Å². The largest absolute Gasteiger partial charge is 0.435 e. The lowest BCUT2D eigenvalue weighted by Crippen LogP contribution is -2.03. The van der Waals surface area contributed by atoms with Crippen LogP contribution in [0.2, 0.25) is 0 Å². The van der Waals surface area contributed by atoms with E-state index in [1.807, 2.05) is 0 Å². The molecule has 3 rings (SSSR count). The van der Waals surface area contributed by atoms with Crippen LogP contribution in [0.4, 0.5) is 5.95 Å². The molecule has 10 heteroatoms. The van der Waals surface area contributed by atoms with Crippen LogP contribution in [-0.2, 0) is 7.05 Å². The van der Waals surface area contributed by atoms with Crippen molar-refractivity contribution in [2.75, 3.05) is 0 Å². The molecule has 2 N–H and O–H groups in total. The van der Waals surface area contributed by atoms with Crippen LogP contribution in [0, 0.1) is 14.8 Å². The van der Waals surface area contributed by atoms with Crippen molar-refractivity contribution in [2.45, 2.75) is 0 Å². The summed E-state index contributed by atoms with van der Waals surface area (Å²) in [5, 5.41) is 10.7. The van der Waals surface area contributed by atoms with E-state index in [4.69, 9.17) is 12.2 Å². The van der Waals surface area contributed by atoms with Gasteiger partial charge in [0.15, 0.2) is 21.8 Å². The van der Waals surface area contributed by atoms with Crippen molar-refractivity contribution in [3.63, 3.8) is 0 Å². The molecule has 0 unspecified atom stereocenters. The van der Waals surface area contributed by atoms with Crippen molar-refractivity contribution in [1.82, 2.24) is 29.5 Å². The zero-order chi connectivity index (χ0) is 13.6. The van der Waals surface area contributed by atoms with Crippen LogP contribution in [0.5, 0.6) is 0 Å². The van der Waals surface area contributed by atoms with Crippen LogP contribution < -0.4 is 0 Å². The molecule has 0 radical (unpaired) electrons. The summed E-state index contributed by atoms with van der Waals surface area (Å²) < 4.78 is 1.98. The molecule has 9 nitrogen and oxygen atoms in total. The number of fused-ring (bicyclic) bond motifs is 1. The van der Waals surface area contributed by atoms with Crippen molar-refractivity contribution in [3.05, 3.63) is 27.1 Å². The first-order chi connectivity index (χ1) is 9.08. The zero-order valence-corrected chi connectivity index (χ0v) is 10.4. The third-order valence-electron chi connectivity index (χ3n) is 2.60. The van der Waals surface area contributed by atoms with Crippen molar-refractivity contribution in [2.24, 2.45) is 7.05 Å². The monoisotopic (exact) mass is 277 g/mol. The lowest BCUT2D eigenvalue weighted by Gasteiger charge is -2.03. The van der Waals surface area contributed by atoms with E-state index in [2.05, 4.69) is 24.9 Å². The number of nitro groups is 1. The number of nitrogens with zero attached hydrogens (tertiary/aromatic N) is 5. The third-order valence-corrected chi connectivity index (χ3v) is 3.08. The summed E-state index contributed by atoms with van der Waals surface area (Å²) in [7, 11) is 1.71. The van der Waals surface area contributed by atoms with E-state index >= 15 is 0 Å². The number of aromatic nitrogens is 6. The first kappa shape index (κ1) is 11.5. The van der Waals surface area contributed by atoms with Gasteiger partial charge in [-0.3, -0.25) is 0 Å². The highest BCUT2D eigenvalue weighted by Crippen LogP contribution is 2.20. The second kappa shape index (κ2) is 3.95. The number of nitrogens with one attached hydrogen (secondary N) is 2. The standard InChI is InChI=1S/C9H7N7O2S/c1-15-7(6-10-2-3-11-6)13-5-4(8(15)19)12-9(14-5)16(17)18/h2-3H,1H3,(H,10,11)(H,12,14). The van der Waals surface area contributed by atoms with Gasteiger partial charge in [-0.1, -0.05) is 12.2 Å². The molecule has 0 atom stereocenters. The Morgan fingerprint density at radius 2 is 2.26 bits per heavy atom. The molecule has 3 aromatic rings. The highest BCUT2D eigenvalue weighted by molar-refractivity contribution is 7.71. The summed E-state index contributed by atoms with van der Waals surface area (Å²) in [5.41, 5.74) is 0.556. The second-order valence-corrected chi connectivity index (χ2v) is 4.14. The predicted molar refractivity (Wildman–Crippen MR) is 67.9 cm³/mol. The van der Waals surface area contributed by atoms with Gasteiger partial charge in [0.2, 0.25) is 0 Å². The number of hydrogen-bond donors (Lipinski definition) is 2. The molecule has 3 aromatic heterocycles. The second-order valence-electron chi connectivity index (χ2n) is 3.75. The summed E-state index contributed by atoms with van der Waals surface area (Å²) >= 11 is 5.24. The van der Waals surface area contributed by atoms with Crippen LogP contribution in [0.3, 0.4) is 0 Å². The predicted octanol–water partition coefficient (Wildman–Crippen LogP) is 1.32. The van der Waals surface area contributed by atoms with E-state index < -0.39 is 4.92 Å². The lowest BCUT2D eigenvalue weighted by atomic mass is 10.4. The Bertz CT molecular complexity index is 832. The number of rotatable bonds is 2. The van der Waals surface area contributed by atoms with Gasteiger partial charge < -0.3 is 19.7 Å². The van der Waals surface area contributed by atoms with E-state index in [-0.39, 0.29) is 11.6 Å². The van der Waals surface area contributed by atoms with Crippen LogP contribution in [0.1, 0.15) is 0 Å². The fourth-order valence-corrected chi connectivity index (χ4v) is 1.94. The molecule has 0 spiro atoms. The van der Waals surface area contributed by atoms with Crippen LogP contribution in [0.15, 0.2) is 12.4 Å². The Labute approximate surface area is 110 Å². The molecular formula is C9H7N7O2S. The van der Waals surface area contributed by atoms with Gasteiger partial charge in [-0.25, -0.2) is 9.97 Å². The maximum atomic E-state index is 10.7. The molecule has 0 aliphatic carbocycles. The van der Waals surface area contributed by atoms with E-state index in [9.17, 15) is 10.1 Å². The highest BCUT2D eigenvalue weighted by atomic mass is 32.1. The molecule has 3 heterocycles. The topological polar surface area (TPSA) is 118 Å². The van der Waals surface area contributed by atoms with Crippen LogP contribution >= 0.6 is 12.2 Å². The van der Waals surface area contributed by atoms with Crippen molar-refractivity contribution in [1.29, 1.82) is 0 Å². The van der Waals surface area contributed by atoms with Gasteiger partial charge >= 0.3 is 5.95 Å². The summed E-state index contributed by atoms with van der Waals surface area (Å²) in [6, 6.07) is 0. The van der Waals surface area contributed by atoms with Crippen molar-refractivity contribution in [3.8, 4) is 11.6 Å². The molecular weight excluding hydrogens is 270 g/mol. The Hall–Kier alpha value is -2.62. The van der Waals surface area contributed by atoms with Crippen molar-refractivity contribution >= 4 is 29.3 Å². The number of H-pyrrole nitrogens is 2. The average Bonchev–Trinajstić information content (AvgIpc) is 3.02. The van der Waals surface area contributed by atoms with Gasteiger partial charge in [0, 0.05) is 19.4 Å². The molecule has 0 saturated carbocycles. The summed E-state index contributed by atoms with van der Waals surface area (Å²) in [6.45, 7) is 0. The Balaban J connectivity index is 2.35. The van der Waals surface area contributed by atoms with E-state index in [1.54, 1.807) is 24.0 Å². The maximum Gasteiger partial charge on any atom is 0.435 e. The van der Waals surface area contributed by atoms with E-state index in [0.29, 0.717) is 21.8 Å². The smallest absolute Gasteiger partial charge is 0.390 e. The molecule has 96 valence electrons. The number of hydrogen-bond acceptors (Lipinski definition) is 6. The molecule has 0 saturated heterocycles. The molecule has 0 aromatic carbocycles. The normalized spacial score (nSPS) is 11.0. The van der Waals surface area contributed by atoms with Crippen molar-refractivity contribution < 1.29 is 4.92 Å². The molecule has 0 fully saturated rings. The Kier molecular flexibility index (Phi) is 2.38. The molecule has 0 aliphatic heterocycles. The minimum Gasteiger partial charge on any atom is -0.390 e.